The van der Waals surface area contributed by atoms with E-state index in [1.54, 1.807) is 6.07 Å². The van der Waals surface area contributed by atoms with Crippen LogP contribution in [-0.2, 0) is 6.42 Å². The summed E-state index contributed by atoms with van der Waals surface area (Å²) in [6.07, 6.45) is 3.50. The topological polar surface area (TPSA) is 82.2 Å². The molecule has 0 unspecified atom stereocenters. The minimum atomic E-state index is -1.02. The Bertz CT molecular complexity index is 698. The zero-order valence-electron chi connectivity index (χ0n) is 11.9. The second-order valence-corrected chi connectivity index (χ2v) is 4.99. The summed E-state index contributed by atoms with van der Waals surface area (Å²) in [5, 5.41) is 22.2. The summed E-state index contributed by atoms with van der Waals surface area (Å²) in [6, 6.07) is 7.64. The Morgan fingerprint density at radius 3 is 2.81 bits per heavy atom. The first-order chi connectivity index (χ1) is 10.0. The van der Waals surface area contributed by atoms with Crippen LogP contribution >= 0.6 is 0 Å². The highest BCUT2D eigenvalue weighted by Crippen LogP contribution is 2.16. The molecule has 21 heavy (non-hydrogen) atoms. The summed E-state index contributed by atoms with van der Waals surface area (Å²) in [6.45, 7) is 0.860. The minimum Gasteiger partial charge on any atom is -0.478 e. The number of rotatable bonds is 5. The second-order valence-electron chi connectivity index (χ2n) is 4.99. The smallest absolute Gasteiger partial charge is 0.338 e. The Labute approximate surface area is 122 Å². The third kappa shape index (κ3) is 3.46. The molecule has 0 spiro atoms. The average Bonchev–Trinajstić information content (AvgIpc) is 2.94. The number of hydrogen-bond donors (Lipinski definition) is 1. The number of likely N-dealkylation sites (N-methyl/N-ethyl adjacent to an activating group) is 1. The average molecular weight is 284 g/mol. The van der Waals surface area contributed by atoms with E-state index in [9.17, 15) is 10.1 Å². The van der Waals surface area contributed by atoms with Crippen molar-refractivity contribution in [3.8, 4) is 11.8 Å². The van der Waals surface area contributed by atoms with E-state index in [0.717, 1.165) is 18.5 Å². The van der Waals surface area contributed by atoms with Crippen LogP contribution in [0.5, 0.6) is 0 Å². The molecule has 0 aliphatic heterocycles. The van der Waals surface area contributed by atoms with Crippen LogP contribution in [0.15, 0.2) is 30.6 Å². The van der Waals surface area contributed by atoms with Gasteiger partial charge in [0, 0.05) is 12.7 Å². The summed E-state index contributed by atoms with van der Waals surface area (Å²) < 4.78 is 1.46. The molecule has 2 rings (SSSR count). The van der Waals surface area contributed by atoms with Gasteiger partial charge in [-0.1, -0.05) is 6.07 Å². The van der Waals surface area contributed by atoms with Gasteiger partial charge in [0.05, 0.1) is 29.1 Å². The number of nitriles is 1. The molecule has 108 valence electrons. The summed E-state index contributed by atoms with van der Waals surface area (Å²) in [5.74, 6) is -1.02. The molecule has 0 fully saturated rings. The lowest BCUT2D eigenvalue weighted by atomic mass is 10.0. The fourth-order valence-electron chi connectivity index (χ4n) is 1.95. The summed E-state index contributed by atoms with van der Waals surface area (Å²) >= 11 is 0. The van der Waals surface area contributed by atoms with Crippen molar-refractivity contribution in [1.82, 2.24) is 14.7 Å². The SMILES string of the molecule is CN(C)CCc1ccc(-n2cc(C(=O)O)cn2)cc1C#N. The van der Waals surface area contributed by atoms with Crippen LogP contribution in [0.4, 0.5) is 0 Å². The van der Waals surface area contributed by atoms with Crippen molar-refractivity contribution in [3.05, 3.63) is 47.3 Å². The van der Waals surface area contributed by atoms with Gasteiger partial charge in [0.15, 0.2) is 0 Å². The lowest BCUT2D eigenvalue weighted by Crippen LogP contribution is -2.15. The Kier molecular flexibility index (Phi) is 4.36. The standard InChI is InChI=1S/C15H16N4O2/c1-18(2)6-5-11-3-4-14(7-12(11)8-16)19-10-13(9-17-19)15(20)21/h3-4,7,9-10H,5-6H2,1-2H3,(H,20,21). The Balaban J connectivity index is 2.29. The molecule has 1 aromatic heterocycles. The van der Waals surface area contributed by atoms with Crippen molar-refractivity contribution in [3.63, 3.8) is 0 Å². The van der Waals surface area contributed by atoms with E-state index in [-0.39, 0.29) is 5.56 Å². The lowest BCUT2D eigenvalue weighted by Gasteiger charge is -2.11. The van der Waals surface area contributed by atoms with Gasteiger partial charge in [-0.25, -0.2) is 9.48 Å². The summed E-state index contributed by atoms with van der Waals surface area (Å²) in [7, 11) is 3.97. The number of carboxylic acids is 1. The molecule has 0 aliphatic carbocycles. The van der Waals surface area contributed by atoms with Gasteiger partial charge in [0.2, 0.25) is 0 Å². The van der Waals surface area contributed by atoms with Crippen molar-refractivity contribution < 1.29 is 9.90 Å². The zero-order chi connectivity index (χ0) is 15.4. The molecule has 0 saturated carbocycles. The van der Waals surface area contributed by atoms with Gasteiger partial charge in [-0.2, -0.15) is 10.4 Å². The molecule has 6 nitrogen and oxygen atoms in total. The van der Waals surface area contributed by atoms with Crippen LogP contribution in [0.3, 0.4) is 0 Å². The minimum absolute atomic E-state index is 0.116. The monoisotopic (exact) mass is 284 g/mol. The van der Waals surface area contributed by atoms with Crippen LogP contribution < -0.4 is 0 Å². The number of aromatic nitrogens is 2. The van der Waals surface area contributed by atoms with Crippen molar-refractivity contribution >= 4 is 5.97 Å². The first-order valence-electron chi connectivity index (χ1n) is 6.47. The number of benzene rings is 1. The normalized spacial score (nSPS) is 10.6. The van der Waals surface area contributed by atoms with Gasteiger partial charge in [-0.05, 0) is 38.2 Å². The maximum Gasteiger partial charge on any atom is 0.338 e. The number of hydrogen-bond acceptors (Lipinski definition) is 4. The number of carbonyl (C=O) groups is 1. The van der Waals surface area contributed by atoms with E-state index in [1.807, 2.05) is 26.2 Å². The van der Waals surface area contributed by atoms with Crippen LogP contribution in [0.1, 0.15) is 21.5 Å². The van der Waals surface area contributed by atoms with Crippen molar-refractivity contribution in [2.24, 2.45) is 0 Å². The Morgan fingerprint density at radius 1 is 1.48 bits per heavy atom. The molecule has 0 atom stereocenters. The summed E-state index contributed by atoms with van der Waals surface area (Å²) in [5.41, 5.74) is 2.35. The maximum atomic E-state index is 10.9. The molecule has 1 heterocycles. The molecule has 0 amide bonds. The van der Waals surface area contributed by atoms with Gasteiger partial charge in [0.1, 0.15) is 0 Å². The molecule has 1 N–H and O–H groups in total. The fraction of sp³-hybridized carbons (Fsp3) is 0.267. The van der Waals surface area contributed by atoms with Crippen molar-refractivity contribution in [1.29, 1.82) is 5.26 Å². The molecule has 0 saturated heterocycles. The maximum absolute atomic E-state index is 10.9. The zero-order valence-corrected chi connectivity index (χ0v) is 11.9. The molecule has 2 aromatic rings. The highest BCUT2D eigenvalue weighted by molar-refractivity contribution is 5.86. The highest BCUT2D eigenvalue weighted by atomic mass is 16.4. The highest BCUT2D eigenvalue weighted by Gasteiger charge is 2.09. The van der Waals surface area contributed by atoms with Crippen molar-refractivity contribution in [2.75, 3.05) is 20.6 Å². The molecule has 1 aromatic carbocycles. The third-order valence-electron chi connectivity index (χ3n) is 3.14. The molecule has 0 bridgehead atoms. The Morgan fingerprint density at radius 2 is 2.24 bits per heavy atom. The fourth-order valence-corrected chi connectivity index (χ4v) is 1.95. The predicted molar refractivity (Wildman–Crippen MR) is 77.5 cm³/mol. The van der Waals surface area contributed by atoms with Crippen LogP contribution in [0, 0.1) is 11.3 Å². The van der Waals surface area contributed by atoms with Gasteiger partial charge in [-0.15, -0.1) is 0 Å². The Hall–Kier alpha value is -2.65. The van der Waals surface area contributed by atoms with Crippen LogP contribution in [-0.4, -0.2) is 46.4 Å². The van der Waals surface area contributed by atoms with Gasteiger partial charge in [0.25, 0.3) is 0 Å². The van der Waals surface area contributed by atoms with E-state index in [0.29, 0.717) is 11.3 Å². The van der Waals surface area contributed by atoms with E-state index in [4.69, 9.17) is 5.11 Å². The number of nitrogens with zero attached hydrogens (tertiary/aromatic N) is 4. The summed E-state index contributed by atoms with van der Waals surface area (Å²) in [4.78, 5) is 12.9. The second kappa shape index (κ2) is 6.20. The lowest BCUT2D eigenvalue weighted by molar-refractivity contribution is 0.0697. The molecule has 0 aliphatic rings. The van der Waals surface area contributed by atoms with Gasteiger partial charge < -0.3 is 10.0 Å². The number of aromatic carboxylic acids is 1. The quantitative estimate of drug-likeness (QED) is 0.900. The van der Waals surface area contributed by atoms with Crippen molar-refractivity contribution in [2.45, 2.75) is 6.42 Å². The molecule has 0 radical (unpaired) electrons. The van der Waals surface area contributed by atoms with Crippen LogP contribution in [0.2, 0.25) is 0 Å². The van der Waals surface area contributed by atoms with Gasteiger partial charge in [-0.3, -0.25) is 0 Å². The van der Waals surface area contributed by atoms with E-state index in [2.05, 4.69) is 16.1 Å². The third-order valence-corrected chi connectivity index (χ3v) is 3.14. The van der Waals surface area contributed by atoms with Gasteiger partial charge >= 0.3 is 5.97 Å². The van der Waals surface area contributed by atoms with E-state index < -0.39 is 5.97 Å². The molecular formula is C15H16N4O2. The molecule has 6 heteroatoms. The number of carboxylic acid groups (broad SMARTS) is 1. The van der Waals surface area contributed by atoms with E-state index >= 15 is 0 Å². The first-order valence-corrected chi connectivity index (χ1v) is 6.47. The first kappa shape index (κ1) is 14.8. The van der Waals surface area contributed by atoms with E-state index in [1.165, 1.54) is 17.1 Å². The molecular weight excluding hydrogens is 268 g/mol. The predicted octanol–water partition coefficient (Wildman–Crippen LogP) is 1.55. The largest absolute Gasteiger partial charge is 0.478 e. The van der Waals surface area contributed by atoms with Crippen LogP contribution in [0.25, 0.3) is 5.69 Å².